The van der Waals surface area contributed by atoms with Gasteiger partial charge in [-0.05, 0) is 56.5 Å². The van der Waals surface area contributed by atoms with Gasteiger partial charge in [0, 0.05) is 42.7 Å². The smallest absolute Gasteiger partial charge is 0.253 e. The van der Waals surface area contributed by atoms with Crippen LogP contribution in [0.4, 0.5) is 5.82 Å². The van der Waals surface area contributed by atoms with Gasteiger partial charge in [0.05, 0.1) is 12.6 Å². The second kappa shape index (κ2) is 9.74. The Kier molecular flexibility index (Phi) is 6.74. The number of carbonyl (C=O) groups excluding carboxylic acids is 1. The zero-order chi connectivity index (χ0) is 25.3. The molecule has 0 saturated heterocycles. The van der Waals surface area contributed by atoms with E-state index in [0.29, 0.717) is 11.4 Å². The number of hydrogen-bond acceptors (Lipinski definition) is 5. The Morgan fingerprint density at radius 1 is 1.00 bits per heavy atom. The minimum absolute atomic E-state index is 0.0139. The van der Waals surface area contributed by atoms with E-state index in [1.807, 2.05) is 38.1 Å². The highest BCUT2D eigenvalue weighted by Crippen LogP contribution is 2.37. The SMILES string of the molecule is COc1cc2nc(C)nc(N[C@@H](C)c3cccc(C)c3)c2cc1-c1ccc(C(=O)N(C)C)c(C)c1. The summed E-state index contributed by atoms with van der Waals surface area (Å²) < 4.78 is 5.75. The van der Waals surface area contributed by atoms with E-state index < -0.39 is 0 Å². The van der Waals surface area contributed by atoms with Crippen molar-refractivity contribution >= 4 is 22.6 Å². The first-order valence-electron chi connectivity index (χ1n) is 11.7. The second-order valence-corrected chi connectivity index (χ2v) is 9.20. The minimum atomic E-state index is -0.0139. The van der Waals surface area contributed by atoms with E-state index in [0.717, 1.165) is 39.2 Å². The van der Waals surface area contributed by atoms with Gasteiger partial charge < -0.3 is 15.0 Å². The summed E-state index contributed by atoms with van der Waals surface area (Å²) in [5.74, 6) is 2.18. The van der Waals surface area contributed by atoms with Crippen molar-refractivity contribution in [2.75, 3.05) is 26.5 Å². The Hall–Kier alpha value is -3.93. The number of nitrogens with one attached hydrogen (secondary N) is 1. The van der Waals surface area contributed by atoms with Crippen LogP contribution in [0.1, 0.15) is 45.8 Å². The highest BCUT2D eigenvalue weighted by Gasteiger charge is 2.17. The first-order chi connectivity index (χ1) is 16.7. The van der Waals surface area contributed by atoms with Gasteiger partial charge in [0.2, 0.25) is 0 Å². The largest absolute Gasteiger partial charge is 0.496 e. The molecule has 1 aromatic heterocycles. The number of amides is 1. The number of anilines is 1. The fourth-order valence-electron chi connectivity index (χ4n) is 4.32. The van der Waals surface area contributed by atoms with Gasteiger partial charge in [-0.2, -0.15) is 0 Å². The van der Waals surface area contributed by atoms with Crippen LogP contribution in [0.25, 0.3) is 22.0 Å². The van der Waals surface area contributed by atoms with E-state index in [-0.39, 0.29) is 11.9 Å². The van der Waals surface area contributed by atoms with Crippen LogP contribution in [0.3, 0.4) is 0 Å². The van der Waals surface area contributed by atoms with Crippen LogP contribution < -0.4 is 10.1 Å². The van der Waals surface area contributed by atoms with Crippen molar-refractivity contribution in [1.29, 1.82) is 0 Å². The van der Waals surface area contributed by atoms with Crippen LogP contribution in [0.15, 0.2) is 54.6 Å². The standard InChI is InChI=1S/C29H32N4O2/c1-17-9-8-10-21(13-17)19(3)30-28-25-15-24(27(35-7)16-26(25)31-20(4)32-28)22-11-12-23(18(2)14-22)29(34)33(5)6/h8-16,19H,1-7H3,(H,30,31,32)/t19-/m0/s1. The molecule has 4 aromatic rings. The van der Waals surface area contributed by atoms with Crippen molar-refractivity contribution in [2.24, 2.45) is 0 Å². The van der Waals surface area contributed by atoms with E-state index in [4.69, 9.17) is 9.72 Å². The molecule has 0 spiro atoms. The van der Waals surface area contributed by atoms with Crippen LogP contribution >= 0.6 is 0 Å². The molecule has 6 nitrogen and oxygen atoms in total. The number of aromatic nitrogens is 2. The lowest BCUT2D eigenvalue weighted by atomic mass is 9.97. The van der Waals surface area contributed by atoms with Gasteiger partial charge in [-0.3, -0.25) is 4.79 Å². The molecule has 0 unspecified atom stereocenters. The number of methoxy groups -OCH3 is 1. The number of hydrogen-bond donors (Lipinski definition) is 1. The number of fused-ring (bicyclic) bond motifs is 1. The number of nitrogens with zero attached hydrogens (tertiary/aromatic N) is 3. The van der Waals surface area contributed by atoms with E-state index in [2.05, 4.69) is 54.5 Å². The van der Waals surface area contributed by atoms with Crippen LogP contribution in [0.2, 0.25) is 0 Å². The van der Waals surface area contributed by atoms with E-state index in [1.54, 1.807) is 26.1 Å². The van der Waals surface area contributed by atoms with E-state index in [9.17, 15) is 4.79 Å². The lowest BCUT2D eigenvalue weighted by Gasteiger charge is -2.19. The Balaban J connectivity index is 1.82. The van der Waals surface area contributed by atoms with Crippen LogP contribution in [-0.2, 0) is 0 Å². The molecular formula is C29H32N4O2. The third-order valence-electron chi connectivity index (χ3n) is 6.20. The molecule has 0 aliphatic rings. The molecule has 0 radical (unpaired) electrons. The molecule has 0 fully saturated rings. The van der Waals surface area contributed by atoms with Crippen LogP contribution in [0.5, 0.6) is 5.75 Å². The fraction of sp³-hybridized carbons (Fsp3) is 0.276. The molecule has 3 aromatic carbocycles. The zero-order valence-electron chi connectivity index (χ0n) is 21.4. The summed E-state index contributed by atoms with van der Waals surface area (Å²) in [4.78, 5) is 23.5. The maximum Gasteiger partial charge on any atom is 0.253 e. The fourth-order valence-corrected chi connectivity index (χ4v) is 4.32. The van der Waals surface area contributed by atoms with Crippen LogP contribution in [-0.4, -0.2) is 42.0 Å². The number of carbonyl (C=O) groups is 1. The topological polar surface area (TPSA) is 67.4 Å². The molecule has 1 atom stereocenters. The van der Waals surface area contributed by atoms with Gasteiger partial charge in [-0.25, -0.2) is 9.97 Å². The summed E-state index contributed by atoms with van der Waals surface area (Å²) >= 11 is 0. The Morgan fingerprint density at radius 2 is 1.77 bits per heavy atom. The highest BCUT2D eigenvalue weighted by molar-refractivity contribution is 5.98. The summed E-state index contributed by atoms with van der Waals surface area (Å²) in [5.41, 5.74) is 6.72. The van der Waals surface area contributed by atoms with Crippen molar-refractivity contribution in [3.63, 3.8) is 0 Å². The predicted molar refractivity (Wildman–Crippen MR) is 142 cm³/mol. The summed E-state index contributed by atoms with van der Waals surface area (Å²) in [6.07, 6.45) is 0. The van der Waals surface area contributed by atoms with E-state index in [1.165, 1.54) is 11.1 Å². The molecule has 0 aliphatic carbocycles. The minimum Gasteiger partial charge on any atom is -0.496 e. The summed E-state index contributed by atoms with van der Waals surface area (Å²) in [6, 6.07) is 18.4. The van der Waals surface area contributed by atoms with Crippen molar-refractivity contribution in [3.8, 4) is 16.9 Å². The van der Waals surface area contributed by atoms with E-state index >= 15 is 0 Å². The molecule has 180 valence electrons. The number of benzene rings is 3. The molecular weight excluding hydrogens is 436 g/mol. The van der Waals surface area contributed by atoms with Gasteiger partial charge in [-0.1, -0.05) is 42.0 Å². The van der Waals surface area contributed by atoms with Gasteiger partial charge in [0.1, 0.15) is 17.4 Å². The Morgan fingerprint density at radius 3 is 2.43 bits per heavy atom. The second-order valence-electron chi connectivity index (χ2n) is 9.20. The van der Waals surface area contributed by atoms with Crippen molar-refractivity contribution in [3.05, 3.63) is 82.7 Å². The maximum atomic E-state index is 12.5. The number of rotatable bonds is 6. The molecule has 0 bridgehead atoms. The van der Waals surface area contributed by atoms with Gasteiger partial charge in [0.25, 0.3) is 5.91 Å². The predicted octanol–water partition coefficient (Wildman–Crippen LogP) is 6.11. The normalized spacial score (nSPS) is 11.9. The Labute approximate surface area is 207 Å². The van der Waals surface area contributed by atoms with Crippen molar-refractivity contribution in [1.82, 2.24) is 14.9 Å². The van der Waals surface area contributed by atoms with Crippen molar-refractivity contribution in [2.45, 2.75) is 33.7 Å². The zero-order valence-corrected chi connectivity index (χ0v) is 21.4. The first kappa shape index (κ1) is 24.2. The lowest BCUT2D eigenvalue weighted by molar-refractivity contribution is 0.0827. The van der Waals surface area contributed by atoms with Crippen LogP contribution in [0, 0.1) is 20.8 Å². The van der Waals surface area contributed by atoms with Gasteiger partial charge in [-0.15, -0.1) is 0 Å². The average molecular weight is 469 g/mol. The molecule has 1 heterocycles. The molecule has 0 aliphatic heterocycles. The Bertz CT molecular complexity index is 1410. The maximum absolute atomic E-state index is 12.5. The average Bonchev–Trinajstić information content (AvgIpc) is 2.82. The molecule has 35 heavy (non-hydrogen) atoms. The third-order valence-corrected chi connectivity index (χ3v) is 6.20. The highest BCUT2D eigenvalue weighted by atomic mass is 16.5. The molecule has 0 saturated carbocycles. The van der Waals surface area contributed by atoms with Gasteiger partial charge in [0.15, 0.2) is 0 Å². The molecule has 1 N–H and O–H groups in total. The molecule has 4 rings (SSSR count). The quantitative estimate of drug-likeness (QED) is 0.370. The van der Waals surface area contributed by atoms with Crippen molar-refractivity contribution < 1.29 is 9.53 Å². The number of ether oxygens (including phenoxy) is 1. The summed E-state index contributed by atoms with van der Waals surface area (Å²) in [7, 11) is 5.18. The third kappa shape index (κ3) is 4.97. The van der Waals surface area contributed by atoms with Gasteiger partial charge >= 0.3 is 0 Å². The lowest BCUT2D eigenvalue weighted by Crippen LogP contribution is -2.22. The summed E-state index contributed by atoms with van der Waals surface area (Å²) in [5, 5.41) is 4.51. The summed E-state index contributed by atoms with van der Waals surface area (Å²) in [6.45, 7) is 8.08. The molecule has 6 heteroatoms. The monoisotopic (exact) mass is 468 g/mol. The molecule has 1 amide bonds. The number of aryl methyl sites for hydroxylation is 3. The first-order valence-corrected chi connectivity index (χ1v) is 11.7.